The third kappa shape index (κ3) is 7.86. The Morgan fingerprint density at radius 2 is 1.78 bits per heavy atom. The molecule has 0 bridgehead atoms. The molecular weight excluding hydrogens is 763 g/mol. The third-order valence-corrected chi connectivity index (χ3v) is 9.39. The van der Waals surface area contributed by atoms with Crippen LogP contribution in [0.2, 0.25) is 5.02 Å². The van der Waals surface area contributed by atoms with E-state index in [1.165, 1.54) is 28.5 Å². The fourth-order valence-electron chi connectivity index (χ4n) is 6.25. The van der Waals surface area contributed by atoms with Gasteiger partial charge < -0.3 is 10.1 Å². The highest BCUT2D eigenvalue weighted by Crippen LogP contribution is 2.39. The molecule has 20 heteroatoms. The highest BCUT2D eigenvalue weighted by atomic mass is 35.5. The van der Waals surface area contributed by atoms with Crippen LogP contribution in [-0.2, 0) is 34.8 Å². The lowest BCUT2D eigenvalue weighted by molar-refractivity contribution is -0.274. The molecule has 0 radical (unpaired) electrons. The molecule has 3 heterocycles. The van der Waals surface area contributed by atoms with Gasteiger partial charge in [0.05, 0.1) is 50.5 Å². The van der Waals surface area contributed by atoms with Crippen LogP contribution in [0.25, 0.3) is 27.5 Å². The van der Waals surface area contributed by atoms with Crippen molar-refractivity contribution >= 4 is 55.2 Å². The number of amides is 1. The van der Waals surface area contributed by atoms with Crippen molar-refractivity contribution in [2.75, 3.05) is 11.0 Å². The van der Waals surface area contributed by atoms with Crippen LogP contribution in [0.3, 0.4) is 0 Å². The highest BCUT2D eigenvalue weighted by Gasteiger charge is 2.32. The molecule has 1 aliphatic carbocycles. The molecule has 0 aliphatic heterocycles. The topological polar surface area (TPSA) is 155 Å². The maximum atomic E-state index is 14.6. The molecule has 7 rings (SSSR count). The molecule has 282 valence electrons. The molecule has 2 N–H and O–H groups in total. The first-order valence-electron chi connectivity index (χ1n) is 16.2. The first-order chi connectivity index (χ1) is 25.4. The van der Waals surface area contributed by atoms with Crippen molar-refractivity contribution in [2.24, 2.45) is 7.05 Å². The number of ether oxygens (including phenoxy) is 1. The Labute approximate surface area is 307 Å². The summed E-state index contributed by atoms with van der Waals surface area (Å²) in [6, 6.07) is 8.81. The van der Waals surface area contributed by atoms with E-state index in [1.54, 1.807) is 12.3 Å². The highest BCUT2D eigenvalue weighted by molar-refractivity contribution is 7.92. The molecule has 1 atom stereocenters. The minimum absolute atomic E-state index is 0.0158. The number of nitrogens with zero attached hydrogens (tertiary/aromatic N) is 6. The summed E-state index contributed by atoms with van der Waals surface area (Å²) in [6.07, 6.45) is -0.952. The predicted octanol–water partition coefficient (Wildman–Crippen LogP) is 5.65. The Morgan fingerprint density at radius 1 is 1.06 bits per heavy atom. The molecule has 3 aromatic carbocycles. The van der Waals surface area contributed by atoms with Crippen molar-refractivity contribution < 1.29 is 39.9 Å². The zero-order valence-electron chi connectivity index (χ0n) is 28.2. The maximum Gasteiger partial charge on any atom is 0.573 e. The van der Waals surface area contributed by atoms with E-state index >= 15 is 0 Å². The largest absolute Gasteiger partial charge is 0.573 e. The molecule has 54 heavy (non-hydrogen) atoms. The maximum absolute atomic E-state index is 14.6. The standard InChI is InChI=1S/C34H28ClF5N8O5S/c1-46-30-27(8-6-23(35)29(30)31(44-46)45-54(2,51)52)48-32(42-25-7-5-21(53-34(38,39)40)15-22(25)33(48)50)26(13-17-11-19(36)14-20(37)12-17)41-28(49)16-47-10-9-24(43-47)18-3-4-18/h5-12,14-15,18,26H,3-4,13,16H2,1-2H3,(H,41,49)(H,44,45). The number of halogens is 6. The molecule has 1 saturated carbocycles. The molecule has 6 aromatic rings. The second-order valence-electron chi connectivity index (χ2n) is 12.8. The second-order valence-corrected chi connectivity index (χ2v) is 14.9. The average Bonchev–Trinajstić information content (AvgIpc) is 3.72. The van der Waals surface area contributed by atoms with Gasteiger partial charge in [0.15, 0.2) is 5.82 Å². The number of carbonyl (C=O) groups excluding carboxylic acids is 1. The van der Waals surface area contributed by atoms with Crippen molar-refractivity contribution in [1.29, 1.82) is 0 Å². The Morgan fingerprint density at radius 3 is 2.44 bits per heavy atom. The number of aryl methyl sites for hydroxylation is 1. The smallest absolute Gasteiger partial charge is 0.406 e. The zero-order valence-corrected chi connectivity index (χ0v) is 29.7. The van der Waals surface area contributed by atoms with Crippen LogP contribution in [-0.4, -0.2) is 56.1 Å². The van der Waals surface area contributed by atoms with Crippen molar-refractivity contribution in [3.63, 3.8) is 0 Å². The fraction of sp³-hybridized carbons (Fsp3) is 0.265. The van der Waals surface area contributed by atoms with Crippen LogP contribution >= 0.6 is 11.6 Å². The van der Waals surface area contributed by atoms with Gasteiger partial charge in [-0.05, 0) is 66.9 Å². The Balaban J connectivity index is 1.45. The van der Waals surface area contributed by atoms with E-state index in [-0.39, 0.29) is 62.7 Å². The summed E-state index contributed by atoms with van der Waals surface area (Å²) in [5, 5.41) is 11.2. The fourth-order valence-corrected chi connectivity index (χ4v) is 6.99. The number of hydrogen-bond acceptors (Lipinski definition) is 8. The lowest BCUT2D eigenvalue weighted by atomic mass is 10.0. The summed E-state index contributed by atoms with van der Waals surface area (Å²) < 4.78 is 103. The monoisotopic (exact) mass is 790 g/mol. The number of benzene rings is 3. The van der Waals surface area contributed by atoms with E-state index in [0.717, 1.165) is 59.7 Å². The van der Waals surface area contributed by atoms with Gasteiger partial charge in [-0.2, -0.15) is 10.2 Å². The van der Waals surface area contributed by atoms with E-state index in [9.17, 15) is 40.0 Å². The third-order valence-electron chi connectivity index (χ3n) is 8.51. The first kappa shape index (κ1) is 36.8. The van der Waals surface area contributed by atoms with Crippen LogP contribution in [0.5, 0.6) is 5.75 Å². The van der Waals surface area contributed by atoms with Gasteiger partial charge >= 0.3 is 6.36 Å². The van der Waals surface area contributed by atoms with Crippen molar-refractivity contribution in [3.8, 4) is 11.4 Å². The van der Waals surface area contributed by atoms with Crippen LogP contribution in [0.1, 0.15) is 41.9 Å². The summed E-state index contributed by atoms with van der Waals surface area (Å²) >= 11 is 6.54. The lowest BCUT2D eigenvalue weighted by Crippen LogP contribution is -2.37. The number of sulfonamides is 1. The van der Waals surface area contributed by atoms with Gasteiger partial charge in [0.1, 0.15) is 29.8 Å². The van der Waals surface area contributed by atoms with Gasteiger partial charge in [0, 0.05) is 31.6 Å². The van der Waals surface area contributed by atoms with Crippen molar-refractivity contribution in [2.45, 2.75) is 44.1 Å². The summed E-state index contributed by atoms with van der Waals surface area (Å²) in [5.74, 6) is -3.29. The van der Waals surface area contributed by atoms with Gasteiger partial charge in [0.25, 0.3) is 5.56 Å². The number of nitrogens with one attached hydrogen (secondary N) is 2. The Hall–Kier alpha value is -5.56. The molecule has 13 nitrogen and oxygen atoms in total. The van der Waals surface area contributed by atoms with E-state index in [2.05, 4.69) is 30.0 Å². The molecule has 1 amide bonds. The molecule has 0 spiro atoms. The van der Waals surface area contributed by atoms with Gasteiger partial charge in [-0.25, -0.2) is 22.2 Å². The van der Waals surface area contributed by atoms with Gasteiger partial charge in [-0.1, -0.05) is 11.6 Å². The summed E-state index contributed by atoms with van der Waals surface area (Å²) in [4.78, 5) is 32.9. The molecule has 1 fully saturated rings. The van der Waals surface area contributed by atoms with Crippen LogP contribution in [0.15, 0.2) is 65.6 Å². The lowest BCUT2D eigenvalue weighted by Gasteiger charge is -2.24. The van der Waals surface area contributed by atoms with Crippen molar-refractivity contribution in [3.05, 3.63) is 105 Å². The minimum atomic E-state index is -5.09. The van der Waals surface area contributed by atoms with Crippen molar-refractivity contribution in [1.82, 2.24) is 34.4 Å². The molecule has 1 aliphatic rings. The van der Waals surface area contributed by atoms with Gasteiger partial charge in [0.2, 0.25) is 15.9 Å². The Bertz CT molecular complexity index is 2620. The number of anilines is 1. The molecule has 3 aromatic heterocycles. The van der Waals surface area contributed by atoms with Crippen LogP contribution in [0.4, 0.5) is 27.8 Å². The van der Waals surface area contributed by atoms with Gasteiger partial charge in [-0.3, -0.25) is 28.2 Å². The normalized spacial score (nSPS) is 14.1. The van der Waals surface area contributed by atoms with Crippen LogP contribution < -0.4 is 20.3 Å². The quantitative estimate of drug-likeness (QED) is 0.160. The summed E-state index contributed by atoms with van der Waals surface area (Å²) in [5.41, 5.74) is -0.136. The number of rotatable bonds is 11. The van der Waals surface area contributed by atoms with Gasteiger partial charge in [-0.15, -0.1) is 13.2 Å². The zero-order chi connectivity index (χ0) is 38.7. The number of alkyl halides is 3. The van der Waals surface area contributed by atoms with E-state index in [4.69, 9.17) is 11.6 Å². The molecule has 1 unspecified atom stereocenters. The number of carbonyl (C=O) groups is 1. The van der Waals surface area contributed by atoms with E-state index < -0.39 is 51.3 Å². The van der Waals surface area contributed by atoms with E-state index in [1.807, 2.05) is 0 Å². The van der Waals surface area contributed by atoms with E-state index in [0.29, 0.717) is 12.0 Å². The second kappa shape index (κ2) is 13.7. The van der Waals surface area contributed by atoms with Crippen LogP contribution in [0, 0.1) is 11.6 Å². The number of fused-ring (bicyclic) bond motifs is 2. The SMILES string of the molecule is Cn1nc(NS(C)(=O)=O)c2c(Cl)ccc(-n3c(C(Cc4cc(F)cc(F)c4)NC(=O)Cn4ccc(C5CC5)n4)nc4ccc(OC(F)(F)F)cc4c3=O)c21. The Kier molecular flexibility index (Phi) is 9.33. The molecular formula is C34H28ClF5N8O5S. The minimum Gasteiger partial charge on any atom is -0.406 e. The summed E-state index contributed by atoms with van der Waals surface area (Å²) in [7, 11) is -2.47. The summed E-state index contributed by atoms with van der Waals surface area (Å²) in [6.45, 7) is -0.288. The number of hydrogen-bond donors (Lipinski definition) is 2. The molecule has 0 saturated heterocycles. The average molecular weight is 791 g/mol. The number of aromatic nitrogens is 6. The first-order valence-corrected chi connectivity index (χ1v) is 18.4. The predicted molar refractivity (Wildman–Crippen MR) is 187 cm³/mol.